The van der Waals surface area contributed by atoms with E-state index in [1.165, 1.54) is 36.4 Å². The second-order valence-corrected chi connectivity index (χ2v) is 7.16. The van der Waals surface area contributed by atoms with Gasteiger partial charge in [-0.15, -0.1) is 0 Å². The van der Waals surface area contributed by atoms with Gasteiger partial charge in [-0.25, -0.2) is 0 Å². The maximum atomic E-state index is 12.4. The summed E-state index contributed by atoms with van der Waals surface area (Å²) < 4.78 is 5.14. The number of imide groups is 1. The molecule has 8 nitrogen and oxygen atoms in total. The van der Waals surface area contributed by atoms with E-state index in [-0.39, 0.29) is 17.2 Å². The number of aliphatic hydroxyl groups excluding tert-OH is 1. The largest absolute Gasteiger partial charge is 0.508 e. The molecule has 0 bridgehead atoms. The Bertz CT molecular complexity index is 907. The number of likely N-dealkylation sites (N-methyl/N-ethyl adjacent to an activating group) is 1. The number of thioether (sulfide) groups is 1. The predicted molar refractivity (Wildman–Crippen MR) is 102 cm³/mol. The summed E-state index contributed by atoms with van der Waals surface area (Å²) in [7, 11) is 1.48. The highest BCUT2D eigenvalue weighted by Crippen LogP contribution is 2.32. The topological polar surface area (TPSA) is 111 Å². The van der Waals surface area contributed by atoms with E-state index in [9.17, 15) is 24.6 Å². The summed E-state index contributed by atoms with van der Waals surface area (Å²) >= 11 is 0.741. The van der Waals surface area contributed by atoms with Gasteiger partial charge < -0.3 is 19.5 Å². The molecule has 1 aliphatic rings. The number of aliphatic hydroxyl groups is 1. The normalized spacial score (nSPS) is 16.6. The molecule has 3 rings (SSSR count). The fraction of sp³-hybridized carbons (Fsp3) is 0.211. The molecule has 146 valence electrons. The van der Waals surface area contributed by atoms with Crippen LogP contribution in [0.4, 0.5) is 4.79 Å². The number of rotatable bonds is 6. The van der Waals surface area contributed by atoms with Crippen LogP contribution in [0.25, 0.3) is 6.08 Å². The van der Waals surface area contributed by atoms with E-state index in [1.54, 1.807) is 24.3 Å². The number of nitrogens with zero attached hydrogens (tertiary/aromatic N) is 2. The van der Waals surface area contributed by atoms with Crippen molar-refractivity contribution in [1.29, 1.82) is 0 Å². The number of hydrogen-bond acceptors (Lipinski definition) is 7. The first-order chi connectivity index (χ1) is 13.3. The number of phenols is 1. The van der Waals surface area contributed by atoms with E-state index in [4.69, 9.17) is 4.42 Å². The van der Waals surface area contributed by atoms with Gasteiger partial charge in [0.2, 0.25) is 5.91 Å². The zero-order valence-corrected chi connectivity index (χ0v) is 15.8. The van der Waals surface area contributed by atoms with Gasteiger partial charge in [-0.2, -0.15) is 0 Å². The second kappa shape index (κ2) is 8.32. The van der Waals surface area contributed by atoms with Crippen LogP contribution in [0.1, 0.15) is 17.4 Å². The lowest BCUT2D eigenvalue weighted by Crippen LogP contribution is -2.41. The van der Waals surface area contributed by atoms with E-state index >= 15 is 0 Å². The van der Waals surface area contributed by atoms with E-state index < -0.39 is 29.7 Å². The Morgan fingerprint density at radius 3 is 2.64 bits per heavy atom. The molecular formula is C19H18N2O6S. The first-order valence-corrected chi connectivity index (χ1v) is 9.16. The molecule has 0 saturated carbocycles. The zero-order chi connectivity index (χ0) is 20.3. The summed E-state index contributed by atoms with van der Waals surface area (Å²) in [5, 5.41) is 19.0. The lowest BCUT2D eigenvalue weighted by molar-refractivity contribution is -0.135. The van der Waals surface area contributed by atoms with E-state index in [0.717, 1.165) is 16.7 Å². The molecule has 1 atom stereocenters. The van der Waals surface area contributed by atoms with Gasteiger partial charge in [0.25, 0.3) is 11.1 Å². The lowest BCUT2D eigenvalue weighted by Gasteiger charge is -2.23. The van der Waals surface area contributed by atoms with Crippen molar-refractivity contribution in [2.45, 2.75) is 6.10 Å². The highest BCUT2D eigenvalue weighted by molar-refractivity contribution is 8.18. The zero-order valence-electron chi connectivity index (χ0n) is 14.9. The number of furan rings is 1. The highest BCUT2D eigenvalue weighted by atomic mass is 32.2. The summed E-state index contributed by atoms with van der Waals surface area (Å²) in [6, 6.07) is 9.28. The number of carbonyl (C=O) groups excluding carboxylic acids is 3. The molecule has 9 heteroatoms. The summed E-state index contributed by atoms with van der Waals surface area (Å²) in [5.74, 6) is -0.542. The van der Waals surface area contributed by atoms with Crippen LogP contribution in [0.5, 0.6) is 5.75 Å². The van der Waals surface area contributed by atoms with Crippen molar-refractivity contribution in [2.24, 2.45) is 0 Å². The Kier molecular flexibility index (Phi) is 5.86. The molecule has 0 radical (unpaired) electrons. The van der Waals surface area contributed by atoms with Crippen LogP contribution in [0, 0.1) is 0 Å². The van der Waals surface area contributed by atoms with Crippen LogP contribution in [0.3, 0.4) is 0 Å². The monoisotopic (exact) mass is 402 g/mol. The fourth-order valence-corrected chi connectivity index (χ4v) is 3.38. The summed E-state index contributed by atoms with van der Waals surface area (Å²) in [4.78, 5) is 39.2. The van der Waals surface area contributed by atoms with Gasteiger partial charge in [-0.1, -0.05) is 12.1 Å². The van der Waals surface area contributed by atoms with Crippen molar-refractivity contribution in [3.63, 3.8) is 0 Å². The van der Waals surface area contributed by atoms with E-state index in [0.29, 0.717) is 11.3 Å². The molecule has 1 unspecified atom stereocenters. The van der Waals surface area contributed by atoms with E-state index in [1.807, 2.05) is 0 Å². The smallest absolute Gasteiger partial charge is 0.294 e. The third kappa shape index (κ3) is 4.44. The van der Waals surface area contributed by atoms with Gasteiger partial charge in [-0.3, -0.25) is 19.3 Å². The van der Waals surface area contributed by atoms with Crippen molar-refractivity contribution in [3.05, 3.63) is 58.9 Å². The molecule has 1 saturated heterocycles. The molecular weight excluding hydrogens is 384 g/mol. The molecule has 1 aliphatic heterocycles. The fourth-order valence-electron chi connectivity index (χ4n) is 2.56. The third-order valence-electron chi connectivity index (χ3n) is 4.13. The molecule has 1 aromatic carbocycles. The summed E-state index contributed by atoms with van der Waals surface area (Å²) in [6.07, 6.45) is 1.94. The Labute approximate surface area is 165 Å². The first-order valence-electron chi connectivity index (χ1n) is 8.35. The van der Waals surface area contributed by atoms with Crippen molar-refractivity contribution in [3.8, 4) is 5.75 Å². The minimum atomic E-state index is -0.969. The van der Waals surface area contributed by atoms with E-state index in [2.05, 4.69) is 0 Å². The number of hydrogen-bond donors (Lipinski definition) is 2. The van der Waals surface area contributed by atoms with Crippen LogP contribution in [0.15, 0.2) is 52.0 Å². The first kappa shape index (κ1) is 19.7. The van der Waals surface area contributed by atoms with Crippen LogP contribution in [0.2, 0.25) is 0 Å². The number of benzene rings is 1. The molecule has 1 fully saturated rings. The Balaban J connectivity index is 1.61. The molecule has 2 N–H and O–H groups in total. The SMILES string of the molecule is CN(CC(O)c1ccc(O)cc1)C(=O)CN1C(=O)SC(=Cc2ccco2)C1=O. The predicted octanol–water partition coefficient (Wildman–Crippen LogP) is 2.21. The molecule has 2 aromatic rings. The summed E-state index contributed by atoms with van der Waals surface area (Å²) in [5.41, 5.74) is 0.532. The minimum absolute atomic E-state index is 0.0257. The molecule has 28 heavy (non-hydrogen) atoms. The van der Waals surface area contributed by atoms with Crippen molar-refractivity contribution in [2.75, 3.05) is 20.1 Å². The molecule has 2 heterocycles. The van der Waals surface area contributed by atoms with Gasteiger partial charge in [0.1, 0.15) is 18.1 Å². The maximum absolute atomic E-state index is 12.4. The molecule has 3 amide bonds. The molecule has 0 spiro atoms. The van der Waals surface area contributed by atoms with Gasteiger partial charge in [0.05, 0.1) is 23.8 Å². The Morgan fingerprint density at radius 2 is 2.00 bits per heavy atom. The van der Waals surface area contributed by atoms with Gasteiger partial charge >= 0.3 is 0 Å². The standard InChI is InChI=1S/C19H18N2O6S/c1-20(10-15(23)12-4-6-13(22)7-5-12)17(24)11-21-18(25)16(28-19(21)26)9-14-3-2-8-27-14/h2-9,15,22-23H,10-11H2,1H3. The lowest BCUT2D eigenvalue weighted by atomic mass is 10.1. The third-order valence-corrected chi connectivity index (χ3v) is 5.04. The van der Waals surface area contributed by atoms with Crippen molar-refractivity contribution in [1.82, 2.24) is 9.80 Å². The maximum Gasteiger partial charge on any atom is 0.294 e. The van der Waals surface area contributed by atoms with Crippen molar-refractivity contribution >= 4 is 34.9 Å². The molecule has 1 aromatic heterocycles. The Hall–Kier alpha value is -3.04. The average Bonchev–Trinajstić information content (AvgIpc) is 3.26. The average molecular weight is 402 g/mol. The number of aromatic hydroxyl groups is 1. The minimum Gasteiger partial charge on any atom is -0.508 e. The Morgan fingerprint density at radius 1 is 1.29 bits per heavy atom. The summed E-state index contributed by atoms with van der Waals surface area (Å²) in [6.45, 7) is -0.443. The second-order valence-electron chi connectivity index (χ2n) is 6.16. The highest BCUT2D eigenvalue weighted by Gasteiger charge is 2.37. The van der Waals surface area contributed by atoms with Crippen LogP contribution in [-0.2, 0) is 9.59 Å². The van der Waals surface area contributed by atoms with Crippen molar-refractivity contribution < 1.29 is 29.0 Å². The van der Waals surface area contributed by atoms with Crippen LogP contribution >= 0.6 is 11.8 Å². The number of amides is 3. The van der Waals surface area contributed by atoms with Gasteiger partial charge in [0.15, 0.2) is 0 Å². The van der Waals surface area contributed by atoms with Crippen LogP contribution in [-0.4, -0.2) is 57.2 Å². The number of phenolic OH excluding ortho intramolecular Hbond substituents is 1. The van der Waals surface area contributed by atoms with Crippen LogP contribution < -0.4 is 0 Å². The quantitative estimate of drug-likeness (QED) is 0.713. The number of carbonyl (C=O) groups is 3. The van der Waals surface area contributed by atoms with Gasteiger partial charge in [-0.05, 0) is 41.6 Å². The van der Waals surface area contributed by atoms with Gasteiger partial charge in [0, 0.05) is 13.1 Å². The molecule has 0 aliphatic carbocycles.